The fourth-order valence-electron chi connectivity index (χ4n) is 4.59. The molecule has 1 N–H and O–H groups in total. The Kier molecular flexibility index (Phi) is 8.32. The van der Waals surface area contributed by atoms with E-state index in [9.17, 15) is 9.59 Å². The number of rotatable bonds is 8. The summed E-state index contributed by atoms with van der Waals surface area (Å²) in [6.45, 7) is 6.76. The summed E-state index contributed by atoms with van der Waals surface area (Å²) in [6, 6.07) is 21.8. The smallest absolute Gasteiger partial charge is 0.271 e. The number of allylic oxidation sites excluding steroid dienone is 1. The lowest BCUT2D eigenvalue weighted by atomic mass is 9.95. The first-order valence-corrected chi connectivity index (χ1v) is 14.5. The summed E-state index contributed by atoms with van der Waals surface area (Å²) in [4.78, 5) is 32.9. The van der Waals surface area contributed by atoms with Crippen LogP contribution in [0.15, 0.2) is 98.3 Å². The highest BCUT2D eigenvalue weighted by Crippen LogP contribution is 2.32. The van der Waals surface area contributed by atoms with Gasteiger partial charge in [-0.3, -0.25) is 14.2 Å². The van der Waals surface area contributed by atoms with Crippen LogP contribution in [0, 0.1) is 0 Å². The summed E-state index contributed by atoms with van der Waals surface area (Å²) in [5, 5.41) is 2.97. The Labute approximate surface area is 244 Å². The van der Waals surface area contributed by atoms with E-state index in [2.05, 4.69) is 21.2 Å². The van der Waals surface area contributed by atoms with Crippen molar-refractivity contribution in [1.29, 1.82) is 0 Å². The molecule has 0 fully saturated rings. The molecule has 0 aliphatic carbocycles. The molecule has 7 nitrogen and oxygen atoms in total. The van der Waals surface area contributed by atoms with Crippen LogP contribution >= 0.6 is 27.3 Å². The molecule has 0 unspecified atom stereocenters. The number of carbonyl (C=O) groups is 1. The Bertz CT molecular complexity index is 1760. The lowest BCUT2D eigenvalue weighted by molar-refractivity contribution is -0.113. The highest BCUT2D eigenvalue weighted by atomic mass is 79.9. The molecule has 0 saturated heterocycles. The summed E-state index contributed by atoms with van der Waals surface area (Å²) >= 11 is 4.85. The number of ether oxygens (including phenoxy) is 2. The molecule has 2 heterocycles. The number of anilines is 1. The summed E-state index contributed by atoms with van der Waals surface area (Å²) in [7, 11) is 0. The lowest BCUT2D eigenvalue weighted by Gasteiger charge is -2.25. The Balaban J connectivity index is 1.63. The van der Waals surface area contributed by atoms with Gasteiger partial charge in [-0.05, 0) is 90.3 Å². The van der Waals surface area contributed by atoms with E-state index < -0.39 is 6.04 Å². The fourth-order valence-corrected chi connectivity index (χ4v) is 6.15. The van der Waals surface area contributed by atoms with E-state index in [0.29, 0.717) is 39.5 Å². The van der Waals surface area contributed by atoms with E-state index >= 15 is 0 Å². The standard InChI is InChI=1S/C31H28BrN3O4S/c1-4-38-23-14-12-21(13-15-23)28-27(29(36)34-22-9-7-6-8-10-22)19(3)33-31-35(28)30(37)26(40-31)18-20-11-16-25(39-5-2)24(32)17-20/h6-18,28H,4-5H2,1-3H3,(H,34,36)/b26-18-/t28-/m0/s1. The molecule has 0 bridgehead atoms. The maximum absolute atomic E-state index is 13.9. The van der Waals surface area contributed by atoms with Gasteiger partial charge in [0.05, 0.1) is 39.5 Å². The number of carbonyl (C=O) groups excluding carboxylic acids is 1. The van der Waals surface area contributed by atoms with Crippen LogP contribution in [-0.4, -0.2) is 23.7 Å². The van der Waals surface area contributed by atoms with Crippen molar-refractivity contribution < 1.29 is 14.3 Å². The molecule has 1 aliphatic heterocycles. The first-order chi connectivity index (χ1) is 19.4. The van der Waals surface area contributed by atoms with Crippen molar-refractivity contribution >= 4 is 44.9 Å². The number of aromatic nitrogens is 1. The van der Waals surface area contributed by atoms with Gasteiger partial charge in [0.15, 0.2) is 4.80 Å². The minimum atomic E-state index is -0.662. The van der Waals surface area contributed by atoms with Crippen molar-refractivity contribution in [3.63, 3.8) is 0 Å². The number of nitrogens with one attached hydrogen (secondary N) is 1. The van der Waals surface area contributed by atoms with Gasteiger partial charge in [-0.15, -0.1) is 0 Å². The van der Waals surface area contributed by atoms with Crippen molar-refractivity contribution in [2.45, 2.75) is 26.8 Å². The lowest BCUT2D eigenvalue weighted by Crippen LogP contribution is -2.40. The van der Waals surface area contributed by atoms with Gasteiger partial charge in [-0.25, -0.2) is 4.99 Å². The molecule has 9 heteroatoms. The first-order valence-electron chi connectivity index (χ1n) is 12.9. The van der Waals surface area contributed by atoms with Crippen molar-refractivity contribution in [3.05, 3.63) is 119 Å². The third-order valence-corrected chi connectivity index (χ3v) is 7.96. The average molecular weight is 619 g/mol. The molecule has 1 aromatic heterocycles. The average Bonchev–Trinajstić information content (AvgIpc) is 3.24. The molecule has 0 saturated carbocycles. The predicted molar refractivity (Wildman–Crippen MR) is 162 cm³/mol. The van der Waals surface area contributed by atoms with Gasteiger partial charge in [0, 0.05) is 5.69 Å². The van der Waals surface area contributed by atoms with Crippen LogP contribution in [0.5, 0.6) is 11.5 Å². The number of para-hydroxylation sites is 1. The van der Waals surface area contributed by atoms with Gasteiger partial charge in [-0.2, -0.15) is 0 Å². The van der Waals surface area contributed by atoms with Crippen molar-refractivity contribution in [2.24, 2.45) is 4.99 Å². The second-order valence-electron chi connectivity index (χ2n) is 9.03. The summed E-state index contributed by atoms with van der Waals surface area (Å²) in [6.07, 6.45) is 1.84. The number of benzene rings is 3. The number of halogens is 1. The van der Waals surface area contributed by atoms with Crippen molar-refractivity contribution in [1.82, 2.24) is 4.57 Å². The van der Waals surface area contributed by atoms with Crippen LogP contribution in [0.3, 0.4) is 0 Å². The van der Waals surface area contributed by atoms with Crippen LogP contribution in [0.2, 0.25) is 0 Å². The zero-order chi connectivity index (χ0) is 28.2. The molecule has 0 radical (unpaired) electrons. The van der Waals surface area contributed by atoms with Crippen LogP contribution in [0.1, 0.15) is 37.9 Å². The van der Waals surface area contributed by atoms with Crippen LogP contribution in [0.4, 0.5) is 5.69 Å². The van der Waals surface area contributed by atoms with Gasteiger partial charge < -0.3 is 14.8 Å². The summed E-state index contributed by atoms with van der Waals surface area (Å²) in [5.74, 6) is 1.15. The molecule has 4 aromatic rings. The Morgan fingerprint density at radius 2 is 1.77 bits per heavy atom. The molecular formula is C31H28BrN3O4S. The maximum atomic E-state index is 13.9. The van der Waals surface area contributed by atoms with Crippen LogP contribution in [-0.2, 0) is 4.79 Å². The molecule has 0 spiro atoms. The second kappa shape index (κ2) is 12.1. The molecular weight excluding hydrogens is 590 g/mol. The molecule has 1 amide bonds. The van der Waals surface area contributed by atoms with Crippen LogP contribution in [0.25, 0.3) is 6.08 Å². The molecule has 3 aromatic carbocycles. The third kappa shape index (κ3) is 5.66. The molecule has 40 heavy (non-hydrogen) atoms. The highest BCUT2D eigenvalue weighted by molar-refractivity contribution is 9.10. The number of hydrogen-bond donors (Lipinski definition) is 1. The third-order valence-electron chi connectivity index (χ3n) is 6.36. The fraction of sp³-hybridized carbons (Fsp3) is 0.194. The maximum Gasteiger partial charge on any atom is 0.271 e. The topological polar surface area (TPSA) is 81.9 Å². The molecule has 1 aliphatic rings. The number of hydrogen-bond acceptors (Lipinski definition) is 6. The summed E-state index contributed by atoms with van der Waals surface area (Å²) in [5.41, 5.74) is 3.05. The van der Waals surface area contributed by atoms with E-state index in [1.807, 2.05) is 99.6 Å². The van der Waals surface area contributed by atoms with Gasteiger partial charge in [0.1, 0.15) is 11.5 Å². The molecule has 1 atom stereocenters. The SMILES string of the molecule is CCOc1ccc([C@H]2C(C(=O)Nc3ccccc3)=C(C)N=c3s/c(=C\c4ccc(OCC)c(Br)c4)c(=O)n32)cc1. The number of amides is 1. The minimum Gasteiger partial charge on any atom is -0.494 e. The van der Waals surface area contributed by atoms with E-state index in [4.69, 9.17) is 14.5 Å². The van der Waals surface area contributed by atoms with Gasteiger partial charge in [-0.1, -0.05) is 47.7 Å². The quantitative estimate of drug-likeness (QED) is 0.286. The van der Waals surface area contributed by atoms with Gasteiger partial charge in [0.25, 0.3) is 11.5 Å². The Morgan fingerprint density at radius 3 is 2.45 bits per heavy atom. The van der Waals surface area contributed by atoms with Crippen molar-refractivity contribution in [2.75, 3.05) is 18.5 Å². The predicted octanol–water partition coefficient (Wildman–Crippen LogP) is 5.43. The van der Waals surface area contributed by atoms with E-state index in [-0.39, 0.29) is 11.5 Å². The zero-order valence-corrected chi connectivity index (χ0v) is 24.7. The Morgan fingerprint density at radius 1 is 1.05 bits per heavy atom. The van der Waals surface area contributed by atoms with Gasteiger partial charge >= 0.3 is 0 Å². The number of nitrogens with zero attached hydrogens (tertiary/aromatic N) is 2. The summed E-state index contributed by atoms with van der Waals surface area (Å²) < 4.78 is 14.2. The first kappa shape index (κ1) is 27.6. The minimum absolute atomic E-state index is 0.217. The number of thiazole rings is 1. The second-order valence-corrected chi connectivity index (χ2v) is 10.9. The van der Waals surface area contributed by atoms with Gasteiger partial charge in [0.2, 0.25) is 0 Å². The normalized spacial score (nSPS) is 14.9. The Hall–Kier alpha value is -3.95. The van der Waals surface area contributed by atoms with Crippen molar-refractivity contribution in [3.8, 4) is 11.5 Å². The number of fused-ring (bicyclic) bond motifs is 1. The van der Waals surface area contributed by atoms with Crippen LogP contribution < -0.4 is 29.7 Å². The van der Waals surface area contributed by atoms with E-state index in [0.717, 1.165) is 27.1 Å². The highest BCUT2D eigenvalue weighted by Gasteiger charge is 2.32. The largest absolute Gasteiger partial charge is 0.494 e. The monoisotopic (exact) mass is 617 g/mol. The van der Waals surface area contributed by atoms with E-state index in [1.54, 1.807) is 4.57 Å². The molecule has 204 valence electrons. The molecule has 5 rings (SSSR count). The van der Waals surface area contributed by atoms with E-state index in [1.165, 1.54) is 11.3 Å². The zero-order valence-electron chi connectivity index (χ0n) is 22.3.